The number of rotatable bonds is 3. The average molecular weight is 371 g/mol. The molecule has 1 N–H and O–H groups in total. The maximum absolute atomic E-state index is 13.3. The molecule has 1 atom stereocenters. The minimum atomic E-state index is -2.71. The summed E-state index contributed by atoms with van der Waals surface area (Å²) in [4.78, 5) is 6.66. The SMILES string of the molecule is Cl.FC1(F)CNC(c2nc(-c3ccc(N4CCCCC4)cc3)no2)C1. The van der Waals surface area contributed by atoms with Crippen LogP contribution in [0.1, 0.15) is 37.6 Å². The Morgan fingerprint density at radius 3 is 2.48 bits per heavy atom. The number of alkyl halides is 2. The van der Waals surface area contributed by atoms with Crippen molar-refractivity contribution in [1.29, 1.82) is 0 Å². The van der Waals surface area contributed by atoms with Gasteiger partial charge in [-0.05, 0) is 43.5 Å². The number of nitrogens with one attached hydrogen (secondary N) is 1. The van der Waals surface area contributed by atoms with Gasteiger partial charge in [-0.3, -0.25) is 5.32 Å². The van der Waals surface area contributed by atoms with E-state index in [1.807, 2.05) is 12.1 Å². The predicted molar refractivity (Wildman–Crippen MR) is 93.4 cm³/mol. The van der Waals surface area contributed by atoms with Crippen LogP contribution in [0.4, 0.5) is 14.5 Å². The number of anilines is 1. The molecule has 1 aromatic heterocycles. The molecule has 0 radical (unpaired) electrons. The molecule has 2 aliphatic heterocycles. The third-order valence-electron chi connectivity index (χ3n) is 4.70. The minimum Gasteiger partial charge on any atom is -0.372 e. The highest BCUT2D eigenvalue weighted by Gasteiger charge is 2.42. The molecule has 0 saturated carbocycles. The van der Waals surface area contributed by atoms with Crippen LogP contribution in [0, 0.1) is 0 Å². The molecular weight excluding hydrogens is 350 g/mol. The molecule has 25 heavy (non-hydrogen) atoms. The van der Waals surface area contributed by atoms with Crippen LogP contribution >= 0.6 is 12.4 Å². The monoisotopic (exact) mass is 370 g/mol. The molecule has 0 bridgehead atoms. The molecular formula is C17H21ClF2N4O. The van der Waals surface area contributed by atoms with Crippen LogP contribution in [0.3, 0.4) is 0 Å². The molecule has 2 aromatic rings. The highest BCUT2D eigenvalue weighted by Crippen LogP contribution is 2.34. The predicted octanol–water partition coefficient (Wildman–Crippen LogP) is 3.82. The molecule has 1 unspecified atom stereocenters. The molecule has 8 heteroatoms. The number of aromatic nitrogens is 2. The summed E-state index contributed by atoms with van der Waals surface area (Å²) >= 11 is 0. The Morgan fingerprint density at radius 2 is 1.84 bits per heavy atom. The van der Waals surface area contributed by atoms with E-state index < -0.39 is 12.0 Å². The van der Waals surface area contributed by atoms with Crippen molar-refractivity contribution in [1.82, 2.24) is 15.5 Å². The van der Waals surface area contributed by atoms with Crippen LogP contribution in [0.5, 0.6) is 0 Å². The van der Waals surface area contributed by atoms with Gasteiger partial charge < -0.3 is 9.42 Å². The number of hydrogen-bond acceptors (Lipinski definition) is 5. The summed E-state index contributed by atoms with van der Waals surface area (Å²) in [5, 5.41) is 6.66. The highest BCUT2D eigenvalue weighted by molar-refractivity contribution is 5.85. The van der Waals surface area contributed by atoms with Crippen molar-refractivity contribution in [2.45, 2.75) is 37.6 Å². The fourth-order valence-electron chi connectivity index (χ4n) is 3.36. The van der Waals surface area contributed by atoms with Crippen LogP contribution in [-0.4, -0.2) is 35.7 Å². The first-order chi connectivity index (χ1) is 11.6. The highest BCUT2D eigenvalue weighted by atomic mass is 35.5. The molecule has 2 aliphatic rings. The van der Waals surface area contributed by atoms with Gasteiger partial charge in [0.25, 0.3) is 5.92 Å². The van der Waals surface area contributed by atoms with Gasteiger partial charge in [-0.1, -0.05) is 5.16 Å². The van der Waals surface area contributed by atoms with Gasteiger partial charge >= 0.3 is 0 Å². The van der Waals surface area contributed by atoms with Crippen molar-refractivity contribution >= 4 is 18.1 Å². The molecule has 0 spiro atoms. The zero-order chi connectivity index (χ0) is 16.6. The van der Waals surface area contributed by atoms with Gasteiger partial charge in [0.2, 0.25) is 11.7 Å². The quantitative estimate of drug-likeness (QED) is 0.890. The molecule has 0 aliphatic carbocycles. The smallest absolute Gasteiger partial charge is 0.262 e. The van der Waals surface area contributed by atoms with Crippen molar-refractivity contribution < 1.29 is 13.3 Å². The fourth-order valence-corrected chi connectivity index (χ4v) is 3.36. The van der Waals surface area contributed by atoms with Crippen LogP contribution in [0.15, 0.2) is 28.8 Å². The first kappa shape index (κ1) is 18.1. The molecule has 2 fully saturated rings. The van der Waals surface area contributed by atoms with Crippen LogP contribution in [0.2, 0.25) is 0 Å². The van der Waals surface area contributed by atoms with E-state index in [2.05, 4.69) is 32.5 Å². The van der Waals surface area contributed by atoms with Gasteiger partial charge in [-0.25, -0.2) is 8.78 Å². The fraction of sp³-hybridized carbons (Fsp3) is 0.529. The van der Waals surface area contributed by atoms with E-state index >= 15 is 0 Å². The van der Waals surface area contributed by atoms with E-state index in [9.17, 15) is 8.78 Å². The standard InChI is InChI=1S/C17H20F2N4O.ClH/c18-17(19)10-14(20-11-17)16-21-15(22-24-16)12-4-6-13(7-5-12)23-8-2-1-3-9-23;/h4-7,14,20H,1-3,8-11H2;1H. The first-order valence-corrected chi connectivity index (χ1v) is 8.41. The Kier molecular flexibility index (Phi) is 5.24. The first-order valence-electron chi connectivity index (χ1n) is 8.41. The Morgan fingerprint density at radius 1 is 1.12 bits per heavy atom. The molecule has 3 heterocycles. The molecule has 136 valence electrons. The molecule has 0 amide bonds. The average Bonchev–Trinajstić information content (AvgIpc) is 3.22. The maximum Gasteiger partial charge on any atom is 0.262 e. The molecule has 5 nitrogen and oxygen atoms in total. The van der Waals surface area contributed by atoms with E-state index in [-0.39, 0.29) is 31.3 Å². The normalized spacial score (nSPS) is 22.6. The second kappa shape index (κ2) is 7.25. The zero-order valence-electron chi connectivity index (χ0n) is 13.8. The third-order valence-corrected chi connectivity index (χ3v) is 4.70. The summed E-state index contributed by atoms with van der Waals surface area (Å²) in [5.41, 5.74) is 2.02. The van der Waals surface area contributed by atoms with Crippen LogP contribution in [-0.2, 0) is 0 Å². The summed E-state index contributed by atoms with van der Waals surface area (Å²) in [6.07, 6.45) is 3.46. The summed E-state index contributed by atoms with van der Waals surface area (Å²) in [6, 6.07) is 7.44. The minimum absolute atomic E-state index is 0. The van der Waals surface area contributed by atoms with Crippen LogP contribution in [0.25, 0.3) is 11.4 Å². The zero-order valence-corrected chi connectivity index (χ0v) is 14.6. The van der Waals surface area contributed by atoms with Crippen molar-refractivity contribution in [3.63, 3.8) is 0 Å². The van der Waals surface area contributed by atoms with Crippen molar-refractivity contribution in [2.24, 2.45) is 0 Å². The lowest BCUT2D eigenvalue weighted by molar-refractivity contribution is 0.0200. The second-order valence-electron chi connectivity index (χ2n) is 6.54. The second-order valence-corrected chi connectivity index (χ2v) is 6.54. The van der Waals surface area contributed by atoms with Gasteiger partial charge in [0.15, 0.2) is 0 Å². The number of benzene rings is 1. The van der Waals surface area contributed by atoms with E-state index in [0.717, 1.165) is 18.7 Å². The van der Waals surface area contributed by atoms with Gasteiger partial charge in [0.1, 0.15) is 0 Å². The number of halogens is 3. The van der Waals surface area contributed by atoms with Gasteiger partial charge in [0, 0.05) is 30.8 Å². The molecule has 4 rings (SSSR count). The Hall–Kier alpha value is -1.73. The van der Waals surface area contributed by atoms with E-state index in [1.165, 1.54) is 24.9 Å². The van der Waals surface area contributed by atoms with Crippen LogP contribution < -0.4 is 10.2 Å². The number of hydrogen-bond donors (Lipinski definition) is 1. The van der Waals surface area contributed by atoms with Crippen molar-refractivity contribution in [3.05, 3.63) is 30.2 Å². The van der Waals surface area contributed by atoms with E-state index in [0.29, 0.717) is 5.82 Å². The van der Waals surface area contributed by atoms with Crippen molar-refractivity contribution in [3.8, 4) is 11.4 Å². The lowest BCUT2D eigenvalue weighted by Gasteiger charge is -2.28. The lowest BCUT2D eigenvalue weighted by Crippen LogP contribution is -2.29. The lowest BCUT2D eigenvalue weighted by atomic mass is 10.1. The summed E-state index contributed by atoms with van der Waals surface area (Å²) in [6.45, 7) is 1.83. The van der Waals surface area contributed by atoms with Crippen molar-refractivity contribution in [2.75, 3.05) is 24.5 Å². The topological polar surface area (TPSA) is 54.2 Å². The third kappa shape index (κ3) is 3.93. The van der Waals surface area contributed by atoms with E-state index in [4.69, 9.17) is 4.52 Å². The number of nitrogens with zero attached hydrogens (tertiary/aromatic N) is 3. The summed E-state index contributed by atoms with van der Waals surface area (Å²) in [7, 11) is 0. The van der Waals surface area contributed by atoms with Gasteiger partial charge in [0.05, 0.1) is 12.6 Å². The maximum atomic E-state index is 13.3. The Balaban J connectivity index is 0.00000182. The number of piperidine rings is 1. The van der Waals surface area contributed by atoms with Gasteiger partial charge in [-0.15, -0.1) is 12.4 Å². The van der Waals surface area contributed by atoms with Gasteiger partial charge in [-0.2, -0.15) is 4.98 Å². The molecule has 1 aromatic carbocycles. The largest absolute Gasteiger partial charge is 0.372 e. The summed E-state index contributed by atoms with van der Waals surface area (Å²) < 4.78 is 31.7. The van der Waals surface area contributed by atoms with E-state index in [1.54, 1.807) is 0 Å². The summed E-state index contributed by atoms with van der Waals surface area (Å²) in [5.74, 6) is -2.05. The Labute approximate surface area is 151 Å². The Bertz CT molecular complexity index is 701. The molecule has 2 saturated heterocycles.